The Labute approximate surface area is 173 Å². The summed E-state index contributed by atoms with van der Waals surface area (Å²) in [5.74, 6) is -0.780. The van der Waals surface area contributed by atoms with Crippen molar-refractivity contribution in [1.82, 2.24) is 9.21 Å². The Hall–Kier alpha value is -3.11. The molecule has 1 aliphatic rings. The van der Waals surface area contributed by atoms with E-state index in [1.807, 2.05) is 0 Å². The number of carbonyl (C=O) groups excluding carboxylic acids is 1. The number of para-hydroxylation sites is 1. The summed E-state index contributed by atoms with van der Waals surface area (Å²) in [6.45, 7) is 1.89. The summed E-state index contributed by atoms with van der Waals surface area (Å²) in [6, 6.07) is 11.3. The molecular weight excluding hydrogens is 413 g/mol. The number of nitro groups is 1. The number of benzene rings is 2. The fourth-order valence-corrected chi connectivity index (χ4v) is 4.83. The first-order valence-corrected chi connectivity index (χ1v) is 10.6. The third-order valence-corrected chi connectivity index (χ3v) is 6.81. The normalized spacial score (nSPS) is 15.8. The van der Waals surface area contributed by atoms with Crippen LogP contribution in [0, 0.1) is 15.9 Å². The molecule has 8 nitrogen and oxygen atoms in total. The van der Waals surface area contributed by atoms with Crippen LogP contribution >= 0.6 is 0 Å². The lowest BCUT2D eigenvalue weighted by Gasteiger charge is -2.33. The SMILES string of the molecule is C/C(=C/C(=O)N1CCN(S(=O)(=O)c2ccccc2[N+](=O)[O-])CC1)c1ccccc1F. The van der Waals surface area contributed by atoms with Crippen molar-refractivity contribution in [3.8, 4) is 0 Å². The van der Waals surface area contributed by atoms with Crippen LogP contribution < -0.4 is 0 Å². The molecule has 30 heavy (non-hydrogen) atoms. The number of halogens is 1. The lowest BCUT2D eigenvalue weighted by atomic mass is 10.1. The molecule has 1 amide bonds. The summed E-state index contributed by atoms with van der Waals surface area (Å²) in [7, 11) is -4.07. The zero-order valence-electron chi connectivity index (χ0n) is 16.2. The van der Waals surface area contributed by atoms with Crippen molar-refractivity contribution >= 4 is 27.2 Å². The van der Waals surface area contributed by atoms with Gasteiger partial charge in [-0.15, -0.1) is 0 Å². The lowest BCUT2D eigenvalue weighted by molar-refractivity contribution is -0.387. The number of rotatable bonds is 5. The minimum absolute atomic E-state index is 0.00665. The molecule has 10 heteroatoms. The minimum atomic E-state index is -4.07. The number of carbonyl (C=O) groups is 1. The second kappa shape index (κ2) is 8.72. The molecule has 0 saturated carbocycles. The van der Waals surface area contributed by atoms with Gasteiger partial charge in [0.05, 0.1) is 4.92 Å². The number of piperazine rings is 1. The number of nitrogens with zero attached hydrogens (tertiary/aromatic N) is 3. The second-order valence-electron chi connectivity index (χ2n) is 6.76. The third-order valence-electron chi connectivity index (χ3n) is 4.87. The van der Waals surface area contributed by atoms with E-state index in [2.05, 4.69) is 0 Å². The number of amides is 1. The smallest absolute Gasteiger partial charge is 0.289 e. The van der Waals surface area contributed by atoms with Gasteiger partial charge in [0.25, 0.3) is 5.69 Å². The van der Waals surface area contributed by atoms with Crippen molar-refractivity contribution in [2.75, 3.05) is 26.2 Å². The Bertz CT molecular complexity index is 1110. The predicted molar refractivity (Wildman–Crippen MR) is 108 cm³/mol. The highest BCUT2D eigenvalue weighted by molar-refractivity contribution is 7.89. The Morgan fingerprint density at radius 1 is 1.07 bits per heavy atom. The zero-order valence-corrected chi connectivity index (χ0v) is 17.0. The molecule has 158 valence electrons. The van der Waals surface area contributed by atoms with Crippen LogP contribution in [0.5, 0.6) is 0 Å². The Morgan fingerprint density at radius 3 is 2.30 bits per heavy atom. The maximum absolute atomic E-state index is 13.9. The van der Waals surface area contributed by atoms with E-state index in [0.29, 0.717) is 11.1 Å². The molecule has 0 aromatic heterocycles. The van der Waals surface area contributed by atoms with E-state index in [1.165, 1.54) is 35.2 Å². The van der Waals surface area contributed by atoms with E-state index in [9.17, 15) is 27.7 Å². The predicted octanol–water partition coefficient (Wildman–Crippen LogP) is 2.67. The molecule has 1 saturated heterocycles. The topological polar surface area (TPSA) is 101 Å². The average Bonchev–Trinajstić information content (AvgIpc) is 2.74. The quantitative estimate of drug-likeness (QED) is 0.410. The van der Waals surface area contributed by atoms with Crippen LogP contribution in [0.1, 0.15) is 12.5 Å². The van der Waals surface area contributed by atoms with Crippen molar-refractivity contribution in [2.45, 2.75) is 11.8 Å². The maximum atomic E-state index is 13.9. The molecule has 0 radical (unpaired) electrons. The molecular formula is C20H20FN3O5S. The average molecular weight is 433 g/mol. The number of allylic oxidation sites excluding steroid dienone is 1. The van der Waals surface area contributed by atoms with Gasteiger partial charge in [0.15, 0.2) is 4.90 Å². The standard InChI is InChI=1S/C20H20FN3O5S/c1-15(16-6-2-3-7-17(16)21)14-20(25)22-10-12-23(13-11-22)30(28,29)19-9-5-4-8-18(19)24(26)27/h2-9,14H,10-13H2,1H3/b15-14-. The summed E-state index contributed by atoms with van der Waals surface area (Å²) in [5.41, 5.74) is 0.302. The minimum Gasteiger partial charge on any atom is -0.337 e. The highest BCUT2D eigenvalue weighted by Gasteiger charge is 2.34. The summed E-state index contributed by atoms with van der Waals surface area (Å²) < 4.78 is 40.7. The number of nitro benzene ring substituents is 1. The van der Waals surface area contributed by atoms with E-state index in [4.69, 9.17) is 0 Å². The van der Waals surface area contributed by atoms with Crippen molar-refractivity contribution in [3.05, 3.63) is 76.1 Å². The van der Waals surface area contributed by atoms with E-state index < -0.39 is 26.5 Å². The van der Waals surface area contributed by atoms with Crippen LogP contribution in [-0.4, -0.2) is 54.6 Å². The van der Waals surface area contributed by atoms with Gasteiger partial charge in [-0.25, -0.2) is 12.8 Å². The third kappa shape index (κ3) is 4.39. The maximum Gasteiger partial charge on any atom is 0.289 e. The number of hydrogen-bond donors (Lipinski definition) is 0. The van der Waals surface area contributed by atoms with Crippen molar-refractivity contribution < 1.29 is 22.5 Å². The molecule has 0 spiro atoms. The molecule has 0 unspecified atom stereocenters. The number of hydrogen-bond acceptors (Lipinski definition) is 5. The van der Waals surface area contributed by atoms with E-state index in [0.717, 1.165) is 10.4 Å². The molecule has 3 rings (SSSR count). The largest absolute Gasteiger partial charge is 0.337 e. The fraction of sp³-hybridized carbons (Fsp3) is 0.250. The van der Waals surface area contributed by atoms with Gasteiger partial charge in [0.1, 0.15) is 5.82 Å². The molecule has 1 heterocycles. The van der Waals surface area contributed by atoms with Crippen molar-refractivity contribution in [3.63, 3.8) is 0 Å². The zero-order chi connectivity index (χ0) is 21.9. The van der Waals surface area contributed by atoms with Gasteiger partial charge in [-0.2, -0.15) is 4.31 Å². The van der Waals surface area contributed by atoms with Crippen LogP contribution in [0.2, 0.25) is 0 Å². The van der Waals surface area contributed by atoms with E-state index in [-0.39, 0.29) is 37.0 Å². The molecule has 2 aromatic carbocycles. The van der Waals surface area contributed by atoms with Gasteiger partial charge in [-0.05, 0) is 24.6 Å². The van der Waals surface area contributed by atoms with Crippen LogP contribution in [0.3, 0.4) is 0 Å². The summed E-state index contributed by atoms with van der Waals surface area (Å²) in [5, 5.41) is 11.2. The molecule has 1 fully saturated rings. The highest BCUT2D eigenvalue weighted by atomic mass is 32.2. The van der Waals surface area contributed by atoms with Gasteiger partial charge in [0.2, 0.25) is 15.9 Å². The summed E-state index contributed by atoms with van der Waals surface area (Å²) in [6.07, 6.45) is 1.32. The van der Waals surface area contributed by atoms with Gasteiger partial charge in [-0.3, -0.25) is 14.9 Å². The highest BCUT2D eigenvalue weighted by Crippen LogP contribution is 2.27. The van der Waals surface area contributed by atoms with Gasteiger partial charge >= 0.3 is 0 Å². The number of sulfonamides is 1. The van der Waals surface area contributed by atoms with Crippen LogP contribution in [0.15, 0.2) is 59.5 Å². The Morgan fingerprint density at radius 2 is 1.67 bits per heavy atom. The summed E-state index contributed by atoms with van der Waals surface area (Å²) >= 11 is 0. The Kier molecular flexibility index (Phi) is 6.28. The van der Waals surface area contributed by atoms with Gasteiger partial charge in [0, 0.05) is 43.9 Å². The summed E-state index contributed by atoms with van der Waals surface area (Å²) in [4.78, 5) is 24.1. The molecule has 0 aliphatic carbocycles. The molecule has 0 atom stereocenters. The molecule has 0 bridgehead atoms. The van der Waals surface area contributed by atoms with Crippen molar-refractivity contribution in [1.29, 1.82) is 0 Å². The molecule has 1 aliphatic heterocycles. The second-order valence-corrected chi connectivity index (χ2v) is 8.67. The Balaban J connectivity index is 1.72. The monoisotopic (exact) mass is 433 g/mol. The lowest BCUT2D eigenvalue weighted by Crippen LogP contribution is -2.50. The first kappa shape index (κ1) is 21.6. The van der Waals surface area contributed by atoms with Crippen LogP contribution in [0.4, 0.5) is 10.1 Å². The van der Waals surface area contributed by atoms with Crippen molar-refractivity contribution in [2.24, 2.45) is 0 Å². The van der Waals surface area contributed by atoms with Crippen LogP contribution in [-0.2, 0) is 14.8 Å². The molecule has 2 aromatic rings. The fourth-order valence-electron chi connectivity index (χ4n) is 3.25. The van der Waals surface area contributed by atoms with E-state index in [1.54, 1.807) is 25.1 Å². The van der Waals surface area contributed by atoms with Crippen LogP contribution in [0.25, 0.3) is 5.57 Å². The van der Waals surface area contributed by atoms with Gasteiger partial charge in [-0.1, -0.05) is 30.3 Å². The van der Waals surface area contributed by atoms with E-state index >= 15 is 0 Å². The molecule has 0 N–H and O–H groups in total. The first-order chi connectivity index (χ1) is 14.2. The first-order valence-electron chi connectivity index (χ1n) is 9.17. The van der Waals surface area contributed by atoms with Gasteiger partial charge < -0.3 is 4.90 Å².